The molecule has 19 atom stereocenters. The zero-order chi connectivity index (χ0) is 86.5. The fourth-order valence-corrected chi connectivity index (χ4v) is 26.5. The molecule has 15 rings (SSSR count). The molecule has 0 radical (unpaired) electrons. The van der Waals surface area contributed by atoms with Crippen LogP contribution in [0.4, 0.5) is 24.0 Å². The molecule has 9 aromatic rings. The second-order valence-corrected chi connectivity index (χ2v) is 42.1. The van der Waals surface area contributed by atoms with Crippen molar-refractivity contribution in [1.82, 2.24) is 26.2 Å². The van der Waals surface area contributed by atoms with Gasteiger partial charge in [0.1, 0.15) is 69.1 Å². The SMILES string of the molecule is CC(C)(C[C@H]1[C@H](O[C@@H]2[C@H]3OC(=O)N[C@@H]3C[C@H](NC(=O)OCc3ccccc3)[C@H]2O[C@H]2O[C@H](CN)[C@@H](O)C[C@H]2NC(=O)OCc2ccccc2)O[C@H](CO[Si](c2ccccc2)(c2ccccc2)C(C)(C)C)[C@H]1O[C@H]1O[C@H]2CN(C(=O)OCc3ccccc3)C(c3ccccc3)O[C@H]2[C@H](O)[C@H]1NC(=O)OCc1ccccc1)[Si](O)(c1ccccc1)c1ccccc1. The van der Waals surface area contributed by atoms with Gasteiger partial charge in [0.25, 0.3) is 16.6 Å². The quantitative estimate of drug-likeness (QED) is 0.0160. The predicted molar refractivity (Wildman–Crippen MR) is 462 cm³/mol. The first-order valence-electron chi connectivity index (χ1n) is 42.2. The summed E-state index contributed by atoms with van der Waals surface area (Å²) in [5.41, 5.74) is 9.68. The van der Waals surface area contributed by atoms with E-state index in [1.165, 1.54) is 4.90 Å². The molecule has 5 amide bonds. The molecule has 5 saturated heterocycles. The van der Waals surface area contributed by atoms with E-state index in [1.807, 2.05) is 202 Å². The Morgan fingerprint density at radius 1 is 0.492 bits per heavy atom. The van der Waals surface area contributed by atoms with Crippen molar-refractivity contribution in [2.24, 2.45) is 11.7 Å². The van der Waals surface area contributed by atoms with Gasteiger partial charge in [-0.3, -0.25) is 4.90 Å². The van der Waals surface area contributed by atoms with Crippen LogP contribution in [-0.4, -0.2) is 191 Å². The summed E-state index contributed by atoms with van der Waals surface area (Å²) in [6.07, 6.45) is -24.3. The van der Waals surface area contributed by atoms with Gasteiger partial charge in [-0.15, -0.1) is 0 Å². The zero-order valence-corrected chi connectivity index (χ0v) is 71.7. The monoisotopic (exact) mass is 1720 g/mol. The van der Waals surface area contributed by atoms with E-state index in [0.29, 0.717) is 32.6 Å². The molecule has 1 aliphatic carbocycles. The van der Waals surface area contributed by atoms with E-state index in [2.05, 4.69) is 66.3 Å². The van der Waals surface area contributed by atoms with E-state index in [4.69, 9.17) is 67.0 Å². The van der Waals surface area contributed by atoms with Crippen LogP contribution in [0, 0.1) is 5.92 Å². The van der Waals surface area contributed by atoms with E-state index >= 15 is 0 Å². The number of nitrogens with two attached hydrogens (primary N) is 1. The second kappa shape index (κ2) is 39.6. The number of nitrogens with one attached hydrogen (secondary N) is 4. The largest absolute Gasteiger partial charge is 0.445 e. The Kier molecular flexibility index (Phi) is 28.2. The first kappa shape index (κ1) is 88.2. The van der Waals surface area contributed by atoms with Gasteiger partial charge in [0.2, 0.25) is 0 Å². The Balaban J connectivity index is 0.889. The molecule has 1 saturated carbocycles. The topological polar surface area (TPSA) is 343 Å². The number of alkyl carbamates (subject to hydrolysis) is 4. The summed E-state index contributed by atoms with van der Waals surface area (Å²) in [4.78, 5) is 89.1. The van der Waals surface area contributed by atoms with Gasteiger partial charge >= 0.3 is 30.5 Å². The van der Waals surface area contributed by atoms with Crippen LogP contribution in [-0.2, 0) is 87.7 Å². The molecule has 5 heterocycles. The van der Waals surface area contributed by atoms with Gasteiger partial charge in [-0.05, 0) is 65.9 Å². The smallest absolute Gasteiger partial charge is 0.412 e. The number of rotatable bonds is 29. The predicted octanol–water partition coefficient (Wildman–Crippen LogP) is 10.0. The Morgan fingerprint density at radius 2 is 0.927 bits per heavy atom. The summed E-state index contributed by atoms with van der Waals surface area (Å²) in [6.45, 7) is 9.02. The van der Waals surface area contributed by atoms with Crippen molar-refractivity contribution in [2.75, 3.05) is 19.7 Å². The van der Waals surface area contributed by atoms with Crippen molar-refractivity contribution in [3.05, 3.63) is 301 Å². The Labute approximate surface area is 723 Å². The Hall–Kier alpha value is -10.7. The van der Waals surface area contributed by atoms with Crippen molar-refractivity contribution in [2.45, 2.75) is 201 Å². The summed E-state index contributed by atoms with van der Waals surface area (Å²) in [5.74, 6) is -1.18. The van der Waals surface area contributed by atoms with Gasteiger partial charge in [-0.25, -0.2) is 24.0 Å². The number of aliphatic hydroxyl groups is 2. The van der Waals surface area contributed by atoms with Crippen LogP contribution in [0.1, 0.15) is 87.9 Å². The summed E-state index contributed by atoms with van der Waals surface area (Å²) in [7, 11) is -7.84. The highest BCUT2D eigenvalue weighted by atomic mass is 28.4. The molecule has 652 valence electrons. The molecule has 9 aromatic carbocycles. The summed E-state index contributed by atoms with van der Waals surface area (Å²) < 4.78 is 90.0. The molecule has 0 spiro atoms. The minimum atomic E-state index is -4.19. The van der Waals surface area contributed by atoms with Gasteiger partial charge in [0.05, 0.1) is 49.6 Å². The maximum absolute atomic E-state index is 15.0. The molecule has 0 aromatic heterocycles. The molecule has 9 N–H and O–H groups in total. The number of aliphatic hydroxyl groups excluding tert-OH is 2. The highest BCUT2D eigenvalue weighted by molar-refractivity contribution is 6.99. The van der Waals surface area contributed by atoms with Crippen LogP contribution in [0.3, 0.4) is 0 Å². The maximum atomic E-state index is 15.0. The number of carbonyl (C=O) groups is 5. The van der Waals surface area contributed by atoms with Gasteiger partial charge in [0, 0.05) is 24.4 Å². The van der Waals surface area contributed by atoms with Crippen molar-refractivity contribution >= 4 is 67.8 Å². The molecule has 6 fully saturated rings. The normalized spacial score (nSPS) is 26.9. The van der Waals surface area contributed by atoms with Crippen molar-refractivity contribution < 1.29 is 100 Å². The minimum Gasteiger partial charge on any atom is -0.445 e. The summed E-state index contributed by atoms with van der Waals surface area (Å²) in [6, 6.07) is 79.3. The number of nitrogens with zero attached hydrogens (tertiary/aromatic N) is 1. The number of ether oxygens (including phenoxy) is 12. The van der Waals surface area contributed by atoms with E-state index in [9.17, 15) is 39.0 Å². The number of carbonyl (C=O) groups excluding carboxylic acids is 5. The lowest BCUT2D eigenvalue weighted by atomic mass is 9.83. The molecule has 124 heavy (non-hydrogen) atoms. The molecule has 6 aliphatic rings. The van der Waals surface area contributed by atoms with E-state index in [-0.39, 0.29) is 65.4 Å². The highest BCUT2D eigenvalue weighted by Gasteiger charge is 2.63. The number of hydrogen-bond acceptors (Lipinski definition) is 22. The zero-order valence-electron chi connectivity index (χ0n) is 69.7. The second-order valence-electron chi connectivity index (χ2n) is 33.9. The van der Waals surface area contributed by atoms with E-state index in [0.717, 1.165) is 15.9 Å². The third-order valence-electron chi connectivity index (χ3n) is 24.3. The third kappa shape index (κ3) is 20.0. The number of benzene rings is 9. The lowest BCUT2D eigenvalue weighted by Crippen LogP contribution is -2.70. The van der Waals surface area contributed by atoms with Crippen molar-refractivity contribution in [3.8, 4) is 0 Å². The van der Waals surface area contributed by atoms with Crippen LogP contribution in [0.15, 0.2) is 273 Å². The lowest BCUT2D eigenvalue weighted by molar-refractivity contribution is -0.321. The molecule has 5 aliphatic heterocycles. The van der Waals surface area contributed by atoms with Crippen LogP contribution in [0.5, 0.6) is 0 Å². The van der Waals surface area contributed by atoms with Crippen molar-refractivity contribution in [3.63, 3.8) is 0 Å². The number of amides is 5. The highest BCUT2D eigenvalue weighted by Crippen LogP contribution is 2.50. The fourth-order valence-electron chi connectivity index (χ4n) is 18.1. The van der Waals surface area contributed by atoms with Crippen LogP contribution in [0.25, 0.3) is 0 Å². The third-order valence-corrected chi connectivity index (χ3v) is 33.8. The van der Waals surface area contributed by atoms with E-state index < -0.39 is 173 Å². The number of fused-ring (bicyclic) bond motifs is 2. The Bertz CT molecular complexity index is 4880. The lowest BCUT2D eigenvalue weighted by Gasteiger charge is -2.51. The maximum Gasteiger partial charge on any atom is 0.412 e. The van der Waals surface area contributed by atoms with E-state index in [1.54, 1.807) is 60.7 Å². The van der Waals surface area contributed by atoms with Crippen LogP contribution in [0.2, 0.25) is 10.1 Å². The standard InChI is InChI=1S/C95H108N6O21Si2/c1-94(2,3)124(68-47-29-13-30-48-68,69-49-31-14-32-50-69)114-60-77-80(119-88-78(100-91(106)112-58-63-37-19-8-20-38-63)79(103)83-76(116-88)55-101(85(118-83)65-41-23-10-24-42-65)93(108)113-59-64-39-21-9-22-40-64)70(53-95(4,5)123(109,66-43-25-11-26-44-66)67-45-27-12-28-46-67)86(117-77)121-84-81(71(51-72-82(84)122-92(107)98-72)97-89(104)110-56-61-33-15-6-16-34-61)120-87-73(52-74(102)75(54-96)115-87)99-90(105)111-57-62-35-17-7-18-36-62/h6-50,70-88,102-103,109H,51-60,96H2,1-5H3,(H,97,104)(H,98,107)(H,99,105)(H,100,106)/t70-,71+,72-,73-,74+,75-,76+,77-,78-,79-,80+,81-,82+,83-,84+,85?,86+,87-,88-/m1/s1. The summed E-state index contributed by atoms with van der Waals surface area (Å²) in [5, 5.41) is 38.4. The first-order chi connectivity index (χ1) is 60.0. The average molecular weight is 1730 g/mol. The molecule has 0 bridgehead atoms. The molecule has 29 heteroatoms. The number of hydrogen-bond donors (Lipinski definition) is 8. The minimum absolute atomic E-state index is 0.0667. The molecular weight excluding hydrogens is 1620 g/mol. The Morgan fingerprint density at radius 3 is 1.42 bits per heavy atom. The summed E-state index contributed by atoms with van der Waals surface area (Å²) >= 11 is 0. The van der Waals surface area contributed by atoms with Gasteiger partial charge in [-0.1, -0.05) is 308 Å². The van der Waals surface area contributed by atoms with Gasteiger partial charge in [-0.2, -0.15) is 0 Å². The fraction of sp³-hybridized carbons (Fsp3) is 0.379. The average Bonchev–Trinajstić information content (AvgIpc) is 1.25. The van der Waals surface area contributed by atoms with Gasteiger partial charge < -0.3 is 103 Å². The van der Waals surface area contributed by atoms with Crippen LogP contribution < -0.4 is 47.7 Å². The van der Waals surface area contributed by atoms with Crippen LogP contribution >= 0.6 is 0 Å². The van der Waals surface area contributed by atoms with Gasteiger partial charge in [0.15, 0.2) is 31.2 Å². The first-order valence-corrected chi connectivity index (χ1v) is 46.0. The molecule has 1 unspecified atom stereocenters. The molecular formula is C95H108N6O21Si2. The molecule has 27 nitrogen and oxygen atoms in total. The van der Waals surface area contributed by atoms with Crippen molar-refractivity contribution in [1.29, 1.82) is 0 Å².